The van der Waals surface area contributed by atoms with Crippen LogP contribution in [0.2, 0.25) is 0 Å². The Bertz CT molecular complexity index is 1130. The average molecular weight is 492 g/mol. The van der Waals surface area contributed by atoms with Gasteiger partial charge in [-0.2, -0.15) is 0 Å². The Labute approximate surface area is 213 Å². The number of carbonyl (C=O) groups excluding carboxylic acids is 3. The zero-order valence-corrected chi connectivity index (χ0v) is 21.8. The van der Waals surface area contributed by atoms with Crippen LogP contribution in [0.25, 0.3) is 0 Å². The standard InChI is InChI=1S/C30H37NO5/c1-18(32)36-30(28(34)17-35-4)14-13-24-25-11-7-20-15-22(33)10-12-23(20)29(25)26(16-27(24)30)19-5-8-21(9-6-19)31(2)3/h5-6,8-9,15,24-27H,7,10-14,16-17H2,1-4H3/t24?,25?,26-,27?,30-/m1/s1. The van der Waals surface area contributed by atoms with Crippen LogP contribution in [0.4, 0.5) is 5.69 Å². The van der Waals surface area contributed by atoms with E-state index in [0.717, 1.165) is 37.8 Å². The summed E-state index contributed by atoms with van der Waals surface area (Å²) in [6.45, 7) is 1.35. The fourth-order valence-corrected chi connectivity index (χ4v) is 7.62. The van der Waals surface area contributed by atoms with Crippen LogP contribution >= 0.6 is 0 Å². The number of anilines is 1. The summed E-state index contributed by atoms with van der Waals surface area (Å²) >= 11 is 0. The van der Waals surface area contributed by atoms with Gasteiger partial charge in [0.1, 0.15) is 6.61 Å². The number of rotatable bonds is 6. The molecule has 2 saturated carbocycles. The second-order valence-corrected chi connectivity index (χ2v) is 11.1. The highest BCUT2D eigenvalue weighted by Gasteiger charge is 2.61. The van der Waals surface area contributed by atoms with Gasteiger partial charge in [-0.15, -0.1) is 0 Å². The van der Waals surface area contributed by atoms with E-state index in [9.17, 15) is 14.4 Å². The number of hydrogen-bond donors (Lipinski definition) is 0. The fraction of sp³-hybridized carbons (Fsp3) is 0.567. The van der Waals surface area contributed by atoms with Gasteiger partial charge in [-0.05, 0) is 85.3 Å². The van der Waals surface area contributed by atoms with E-state index in [1.54, 1.807) is 0 Å². The predicted molar refractivity (Wildman–Crippen MR) is 138 cm³/mol. The number of esters is 1. The SMILES string of the molecule is COCC(=O)[C@@]1(OC(C)=O)CCC2C3CCC4=CC(=O)CCC4=C3[C@@H](c3ccc(N(C)C)cc3)CC21. The van der Waals surface area contributed by atoms with Crippen LogP contribution in [0.5, 0.6) is 0 Å². The normalized spacial score (nSPS) is 31.2. The highest BCUT2D eigenvalue weighted by atomic mass is 16.6. The first kappa shape index (κ1) is 24.9. The molecular formula is C30H37NO5. The quantitative estimate of drug-likeness (QED) is 0.534. The van der Waals surface area contributed by atoms with Crippen molar-refractivity contribution in [3.63, 3.8) is 0 Å². The zero-order valence-electron chi connectivity index (χ0n) is 21.8. The first-order valence-electron chi connectivity index (χ1n) is 13.2. The molecule has 4 aliphatic carbocycles. The van der Waals surface area contributed by atoms with E-state index in [1.165, 1.54) is 36.3 Å². The molecular weight excluding hydrogens is 454 g/mol. The van der Waals surface area contributed by atoms with Crippen LogP contribution in [-0.2, 0) is 23.9 Å². The Morgan fingerprint density at radius 2 is 1.83 bits per heavy atom. The predicted octanol–water partition coefficient (Wildman–Crippen LogP) is 4.78. The van der Waals surface area contributed by atoms with Crippen LogP contribution < -0.4 is 4.90 Å². The second kappa shape index (κ2) is 9.62. The minimum atomic E-state index is -1.12. The minimum Gasteiger partial charge on any atom is -0.451 e. The van der Waals surface area contributed by atoms with E-state index < -0.39 is 11.6 Å². The molecule has 36 heavy (non-hydrogen) atoms. The van der Waals surface area contributed by atoms with Crippen LogP contribution in [0.15, 0.2) is 47.1 Å². The largest absolute Gasteiger partial charge is 0.451 e. The van der Waals surface area contributed by atoms with E-state index in [-0.39, 0.29) is 35.9 Å². The third-order valence-electron chi connectivity index (χ3n) is 9.05. The summed E-state index contributed by atoms with van der Waals surface area (Å²) in [4.78, 5) is 40.1. The number of fused-ring (bicyclic) bond motifs is 4. The molecule has 0 bridgehead atoms. The third kappa shape index (κ3) is 4.13. The molecule has 0 N–H and O–H groups in total. The first-order chi connectivity index (χ1) is 17.2. The molecule has 0 spiro atoms. The van der Waals surface area contributed by atoms with Crippen LogP contribution in [-0.4, -0.2) is 50.9 Å². The summed E-state index contributed by atoms with van der Waals surface area (Å²) in [5.74, 6) is 0.393. The zero-order chi connectivity index (χ0) is 25.6. The van der Waals surface area contributed by atoms with Gasteiger partial charge in [-0.1, -0.05) is 17.7 Å². The summed E-state index contributed by atoms with van der Waals surface area (Å²) in [6.07, 6.45) is 7.29. The second-order valence-electron chi connectivity index (χ2n) is 11.1. The minimum absolute atomic E-state index is 0.0484. The number of carbonyl (C=O) groups is 3. The highest BCUT2D eigenvalue weighted by molar-refractivity contribution is 5.93. The van der Waals surface area contributed by atoms with Gasteiger partial charge in [0.25, 0.3) is 0 Å². The lowest BCUT2D eigenvalue weighted by Crippen LogP contribution is -2.52. The lowest BCUT2D eigenvalue weighted by molar-refractivity contribution is -0.174. The summed E-state index contributed by atoms with van der Waals surface area (Å²) in [7, 11) is 5.58. The topological polar surface area (TPSA) is 72.9 Å². The molecule has 0 aliphatic heterocycles. The molecule has 1 aromatic rings. The molecule has 3 unspecified atom stereocenters. The van der Waals surface area contributed by atoms with Crippen molar-refractivity contribution >= 4 is 23.2 Å². The van der Waals surface area contributed by atoms with Crippen molar-refractivity contribution < 1.29 is 23.9 Å². The van der Waals surface area contributed by atoms with Crippen molar-refractivity contribution in [3.05, 3.63) is 52.6 Å². The molecule has 1 aromatic carbocycles. The smallest absolute Gasteiger partial charge is 0.303 e. The summed E-state index contributed by atoms with van der Waals surface area (Å²) < 4.78 is 11.2. The third-order valence-corrected chi connectivity index (χ3v) is 9.05. The van der Waals surface area contributed by atoms with Crippen molar-refractivity contribution in [2.45, 2.75) is 63.4 Å². The number of ether oxygens (including phenoxy) is 2. The molecule has 4 aliphatic rings. The van der Waals surface area contributed by atoms with Crippen molar-refractivity contribution in [2.75, 3.05) is 32.7 Å². The van der Waals surface area contributed by atoms with Crippen LogP contribution in [0, 0.1) is 17.8 Å². The molecule has 5 atom stereocenters. The summed E-state index contributed by atoms with van der Waals surface area (Å²) in [5.41, 5.74) is 5.30. The molecule has 0 amide bonds. The molecule has 0 radical (unpaired) electrons. The van der Waals surface area contributed by atoms with Gasteiger partial charge in [-0.25, -0.2) is 0 Å². The maximum atomic E-state index is 13.5. The molecule has 192 valence electrons. The van der Waals surface area contributed by atoms with E-state index in [1.807, 2.05) is 20.2 Å². The molecule has 0 heterocycles. The van der Waals surface area contributed by atoms with Crippen molar-refractivity contribution in [3.8, 4) is 0 Å². The Morgan fingerprint density at radius 1 is 1.08 bits per heavy atom. The van der Waals surface area contributed by atoms with E-state index in [4.69, 9.17) is 9.47 Å². The number of ketones is 2. The molecule has 0 saturated heterocycles. The van der Waals surface area contributed by atoms with Crippen LogP contribution in [0.1, 0.15) is 63.4 Å². The number of Topliss-reactive ketones (excluding diaryl/α,β-unsaturated/α-hetero) is 1. The monoisotopic (exact) mass is 491 g/mol. The Kier molecular flexibility index (Phi) is 6.67. The Balaban J connectivity index is 1.63. The van der Waals surface area contributed by atoms with Gasteiger partial charge in [0, 0.05) is 52.1 Å². The van der Waals surface area contributed by atoms with E-state index >= 15 is 0 Å². The lowest BCUT2D eigenvalue weighted by atomic mass is 9.56. The summed E-state index contributed by atoms with van der Waals surface area (Å²) in [6, 6.07) is 8.71. The Morgan fingerprint density at radius 3 is 2.50 bits per heavy atom. The molecule has 5 rings (SSSR count). The average Bonchev–Trinajstić information content (AvgIpc) is 3.22. The van der Waals surface area contributed by atoms with Gasteiger partial charge in [0.2, 0.25) is 5.78 Å². The number of hydrogen-bond acceptors (Lipinski definition) is 6. The first-order valence-corrected chi connectivity index (χ1v) is 13.2. The van der Waals surface area contributed by atoms with Gasteiger partial charge in [0.15, 0.2) is 11.4 Å². The molecule has 2 fully saturated rings. The van der Waals surface area contributed by atoms with E-state index in [2.05, 4.69) is 29.2 Å². The number of methoxy groups -OCH3 is 1. The summed E-state index contributed by atoms with van der Waals surface area (Å²) in [5, 5.41) is 0. The highest BCUT2D eigenvalue weighted by Crippen LogP contribution is 2.62. The molecule has 6 nitrogen and oxygen atoms in total. The number of allylic oxidation sites excluding steroid dienone is 4. The molecule has 6 heteroatoms. The number of nitrogens with zero attached hydrogens (tertiary/aromatic N) is 1. The van der Waals surface area contributed by atoms with E-state index in [0.29, 0.717) is 18.8 Å². The Hall–Kier alpha value is -2.73. The van der Waals surface area contributed by atoms with Gasteiger partial charge < -0.3 is 14.4 Å². The van der Waals surface area contributed by atoms with Crippen LogP contribution in [0.3, 0.4) is 0 Å². The van der Waals surface area contributed by atoms with Crippen molar-refractivity contribution in [2.24, 2.45) is 17.8 Å². The number of benzene rings is 1. The van der Waals surface area contributed by atoms with Crippen molar-refractivity contribution in [1.29, 1.82) is 0 Å². The van der Waals surface area contributed by atoms with Gasteiger partial charge in [0.05, 0.1) is 0 Å². The maximum absolute atomic E-state index is 13.5. The molecule has 0 aromatic heterocycles. The van der Waals surface area contributed by atoms with Gasteiger partial charge >= 0.3 is 5.97 Å². The fourth-order valence-electron chi connectivity index (χ4n) is 7.62. The van der Waals surface area contributed by atoms with Crippen molar-refractivity contribution in [1.82, 2.24) is 0 Å². The lowest BCUT2D eigenvalue weighted by Gasteiger charge is -2.49. The maximum Gasteiger partial charge on any atom is 0.303 e. The van der Waals surface area contributed by atoms with Gasteiger partial charge in [-0.3, -0.25) is 14.4 Å².